The van der Waals surface area contributed by atoms with Gasteiger partial charge in [0.05, 0.1) is 23.8 Å². The minimum Gasteiger partial charge on any atom is -0.379 e. The molecule has 2 heterocycles. The third-order valence-electron chi connectivity index (χ3n) is 5.51. The molecule has 1 aromatic carbocycles. The molecule has 2 aromatic rings. The quantitative estimate of drug-likeness (QED) is 0.733. The van der Waals surface area contributed by atoms with Crippen LogP contribution in [0.15, 0.2) is 40.0 Å². The fourth-order valence-electron chi connectivity index (χ4n) is 3.79. The highest BCUT2D eigenvalue weighted by Gasteiger charge is 2.27. The number of aromatic nitrogens is 2. The van der Waals surface area contributed by atoms with Gasteiger partial charge in [-0.25, -0.2) is 13.1 Å². The van der Waals surface area contributed by atoms with Crippen LogP contribution in [0.4, 0.5) is 0 Å². The number of nitrogens with one attached hydrogen (secondary N) is 1. The van der Waals surface area contributed by atoms with Gasteiger partial charge in [0.15, 0.2) is 0 Å². The summed E-state index contributed by atoms with van der Waals surface area (Å²) < 4.78 is 33.3. The average molecular weight is 433 g/mol. The summed E-state index contributed by atoms with van der Waals surface area (Å²) in [7, 11) is -1.97. The Bertz CT molecular complexity index is 1110. The molecule has 1 atom stereocenters. The Hall–Kier alpha value is -2.56. The van der Waals surface area contributed by atoms with E-state index >= 15 is 0 Å². The first-order valence-corrected chi connectivity index (χ1v) is 11.3. The summed E-state index contributed by atoms with van der Waals surface area (Å²) in [5, 5.41) is 7.26. The number of ether oxygens (including phenoxy) is 1. The van der Waals surface area contributed by atoms with Gasteiger partial charge in [0.25, 0.3) is 11.5 Å². The zero-order valence-corrected chi connectivity index (χ0v) is 17.5. The van der Waals surface area contributed by atoms with E-state index in [-0.39, 0.29) is 22.4 Å². The van der Waals surface area contributed by atoms with Crippen LogP contribution in [-0.4, -0.2) is 60.8 Å². The normalized spacial score (nSPS) is 19.8. The summed E-state index contributed by atoms with van der Waals surface area (Å²) in [6.45, 7) is 1.41. The summed E-state index contributed by atoms with van der Waals surface area (Å²) >= 11 is 0. The molecule has 1 aromatic heterocycles. The predicted molar refractivity (Wildman–Crippen MR) is 109 cm³/mol. The van der Waals surface area contributed by atoms with Crippen LogP contribution in [0.25, 0.3) is 0 Å². The zero-order valence-electron chi connectivity index (χ0n) is 16.7. The molecule has 0 spiro atoms. The molecule has 1 saturated heterocycles. The maximum Gasteiger partial charge on any atom is 0.266 e. The van der Waals surface area contributed by atoms with Crippen molar-refractivity contribution in [1.29, 1.82) is 0 Å². The van der Waals surface area contributed by atoms with Crippen molar-refractivity contribution in [3.63, 3.8) is 0 Å². The van der Waals surface area contributed by atoms with E-state index in [9.17, 15) is 18.0 Å². The van der Waals surface area contributed by atoms with Gasteiger partial charge in [0.2, 0.25) is 10.0 Å². The minimum atomic E-state index is -3.59. The van der Waals surface area contributed by atoms with Crippen LogP contribution in [0, 0.1) is 0 Å². The van der Waals surface area contributed by atoms with Gasteiger partial charge < -0.3 is 10.1 Å². The lowest BCUT2D eigenvalue weighted by atomic mass is 9.92. The standard InChI is InChI=1S/C20H24N4O5S/c1-23-19(25)13-15-12-16(4-7-18(15)22-23)21-20(26)14-2-5-17(6-3-14)30(27,28)24-8-10-29-11-9-24/h2-3,5-6,13,16H,4,7-12H2,1H3,(H,21,26). The van der Waals surface area contributed by atoms with Crippen LogP contribution >= 0.6 is 0 Å². The Morgan fingerprint density at radius 3 is 2.60 bits per heavy atom. The highest BCUT2D eigenvalue weighted by molar-refractivity contribution is 7.89. The van der Waals surface area contributed by atoms with E-state index < -0.39 is 10.0 Å². The van der Waals surface area contributed by atoms with Gasteiger partial charge in [-0.3, -0.25) is 9.59 Å². The van der Waals surface area contributed by atoms with Crippen molar-refractivity contribution >= 4 is 15.9 Å². The third kappa shape index (κ3) is 4.16. The second-order valence-corrected chi connectivity index (χ2v) is 9.47. The number of nitrogens with zero attached hydrogens (tertiary/aromatic N) is 3. The number of aryl methyl sites for hydroxylation is 2. The summed E-state index contributed by atoms with van der Waals surface area (Å²) in [6, 6.07) is 7.45. The summed E-state index contributed by atoms with van der Waals surface area (Å²) in [4.78, 5) is 24.6. The number of fused-ring (bicyclic) bond motifs is 1. The van der Waals surface area contributed by atoms with Crippen molar-refractivity contribution in [1.82, 2.24) is 19.4 Å². The third-order valence-corrected chi connectivity index (χ3v) is 7.43. The number of amides is 1. The van der Waals surface area contributed by atoms with Crippen molar-refractivity contribution in [2.75, 3.05) is 26.3 Å². The largest absolute Gasteiger partial charge is 0.379 e. The van der Waals surface area contributed by atoms with Crippen molar-refractivity contribution in [3.8, 4) is 0 Å². The molecule has 1 unspecified atom stereocenters. The van der Waals surface area contributed by atoms with Gasteiger partial charge >= 0.3 is 0 Å². The highest BCUT2D eigenvalue weighted by atomic mass is 32.2. The molecule has 4 rings (SSSR count). The van der Waals surface area contributed by atoms with Gasteiger partial charge in [0.1, 0.15) is 0 Å². The van der Waals surface area contributed by atoms with Crippen LogP contribution in [0.1, 0.15) is 28.0 Å². The Morgan fingerprint density at radius 1 is 1.20 bits per heavy atom. The Morgan fingerprint density at radius 2 is 1.90 bits per heavy atom. The van der Waals surface area contributed by atoms with Gasteiger partial charge in [-0.1, -0.05) is 0 Å². The lowest BCUT2D eigenvalue weighted by Crippen LogP contribution is -2.41. The van der Waals surface area contributed by atoms with Gasteiger partial charge in [0, 0.05) is 37.8 Å². The van der Waals surface area contributed by atoms with E-state index in [1.54, 1.807) is 13.1 Å². The van der Waals surface area contributed by atoms with Crippen LogP contribution in [0.2, 0.25) is 0 Å². The molecule has 1 amide bonds. The molecule has 1 N–H and O–H groups in total. The van der Waals surface area contributed by atoms with Gasteiger partial charge in [-0.2, -0.15) is 9.40 Å². The van der Waals surface area contributed by atoms with E-state index in [1.807, 2.05) is 0 Å². The van der Waals surface area contributed by atoms with E-state index in [4.69, 9.17) is 4.74 Å². The number of carbonyl (C=O) groups excluding carboxylic acids is 1. The zero-order chi connectivity index (χ0) is 21.3. The lowest BCUT2D eigenvalue weighted by molar-refractivity contribution is 0.0730. The highest BCUT2D eigenvalue weighted by Crippen LogP contribution is 2.20. The molecule has 1 aliphatic heterocycles. The molecule has 30 heavy (non-hydrogen) atoms. The number of sulfonamides is 1. The molecular formula is C20H24N4O5S. The van der Waals surface area contributed by atoms with Crippen molar-refractivity contribution < 1.29 is 17.9 Å². The molecule has 10 heteroatoms. The number of carbonyl (C=O) groups is 1. The molecule has 0 saturated carbocycles. The Kier molecular flexibility index (Phi) is 5.72. The average Bonchev–Trinajstić information content (AvgIpc) is 2.75. The first-order valence-electron chi connectivity index (χ1n) is 9.89. The van der Waals surface area contributed by atoms with Crippen molar-refractivity contribution in [3.05, 3.63) is 57.5 Å². The molecule has 160 valence electrons. The van der Waals surface area contributed by atoms with E-state index in [0.717, 1.165) is 17.7 Å². The molecule has 1 fully saturated rings. The number of hydrogen-bond donors (Lipinski definition) is 1. The molecular weight excluding hydrogens is 408 g/mol. The number of rotatable bonds is 4. The topological polar surface area (TPSA) is 111 Å². The van der Waals surface area contributed by atoms with Gasteiger partial charge in [-0.05, 0) is 49.1 Å². The predicted octanol–water partition coefficient (Wildman–Crippen LogP) is 0.0885. The Balaban J connectivity index is 1.43. The van der Waals surface area contributed by atoms with Crippen LogP contribution in [0.5, 0.6) is 0 Å². The number of morpholine rings is 1. The lowest BCUT2D eigenvalue weighted by Gasteiger charge is -2.26. The fourth-order valence-corrected chi connectivity index (χ4v) is 5.20. The summed E-state index contributed by atoms with van der Waals surface area (Å²) in [6.07, 6.45) is 1.96. The smallest absolute Gasteiger partial charge is 0.266 e. The first-order chi connectivity index (χ1) is 14.3. The van der Waals surface area contributed by atoms with Crippen LogP contribution < -0.4 is 10.9 Å². The second-order valence-electron chi connectivity index (χ2n) is 7.53. The minimum absolute atomic E-state index is 0.101. The van der Waals surface area contributed by atoms with Crippen molar-refractivity contribution in [2.24, 2.45) is 7.05 Å². The van der Waals surface area contributed by atoms with E-state index in [0.29, 0.717) is 44.7 Å². The maximum atomic E-state index is 12.7. The Labute approximate surface area is 174 Å². The van der Waals surface area contributed by atoms with E-state index in [1.165, 1.54) is 33.3 Å². The molecule has 2 aliphatic rings. The SMILES string of the molecule is Cn1nc2c(cc1=O)CC(NC(=O)c1ccc(S(=O)(=O)N3CCOCC3)cc1)CC2. The molecule has 1 aliphatic carbocycles. The number of hydrogen-bond acceptors (Lipinski definition) is 6. The first kappa shape index (κ1) is 20.7. The molecule has 0 bridgehead atoms. The summed E-state index contributed by atoms with van der Waals surface area (Å²) in [5.41, 5.74) is 1.98. The van der Waals surface area contributed by atoms with Crippen LogP contribution in [-0.2, 0) is 34.6 Å². The van der Waals surface area contributed by atoms with E-state index in [2.05, 4.69) is 10.4 Å². The molecule has 0 radical (unpaired) electrons. The monoisotopic (exact) mass is 432 g/mol. The summed E-state index contributed by atoms with van der Waals surface area (Å²) in [5.74, 6) is -0.268. The fraction of sp³-hybridized carbons (Fsp3) is 0.450. The maximum absolute atomic E-state index is 12.7. The van der Waals surface area contributed by atoms with Crippen LogP contribution in [0.3, 0.4) is 0 Å². The second kappa shape index (κ2) is 8.29. The van der Waals surface area contributed by atoms with Crippen molar-refractivity contribution in [2.45, 2.75) is 30.2 Å². The molecule has 9 nitrogen and oxygen atoms in total. The van der Waals surface area contributed by atoms with Gasteiger partial charge in [-0.15, -0.1) is 0 Å². The number of benzene rings is 1.